The lowest BCUT2D eigenvalue weighted by Crippen LogP contribution is -2.49. The maximum absolute atomic E-state index is 13.4. The molecule has 0 N–H and O–H groups in total. The molecular weight excluding hydrogens is 392 g/mol. The van der Waals surface area contributed by atoms with Crippen LogP contribution in [0.25, 0.3) is 0 Å². The third-order valence-corrected chi connectivity index (χ3v) is 10.2. The Bertz CT molecular complexity index is 819. The fourth-order valence-corrected chi connectivity index (χ4v) is 7.30. The third kappa shape index (κ3) is 3.35. The van der Waals surface area contributed by atoms with E-state index >= 15 is 0 Å². The molecule has 0 bridgehead atoms. The lowest BCUT2D eigenvalue weighted by atomic mass is 9.68. The summed E-state index contributed by atoms with van der Waals surface area (Å²) in [4.78, 5) is 27.2. The predicted octanol–water partition coefficient (Wildman–Crippen LogP) is 1.99. The quantitative estimate of drug-likeness (QED) is 0.651. The fraction of sp³-hybridized carbons (Fsp3) is 0.905. The summed E-state index contributed by atoms with van der Waals surface area (Å²) in [5, 5.41) is -0.142. The van der Waals surface area contributed by atoms with Crippen LogP contribution in [-0.2, 0) is 28.8 Å². The molecule has 0 radical (unpaired) electrons. The number of ether oxygens (including phenoxy) is 2. The van der Waals surface area contributed by atoms with Gasteiger partial charge in [0, 0.05) is 30.5 Å². The SMILES string of the molecule is CS(=O)(=NC(=O)[C@]12C[C@H]1COC21CCC1)C1CCN(C(=O)COCC2CC2)CC1. The number of amides is 2. The van der Waals surface area contributed by atoms with Crippen molar-refractivity contribution < 1.29 is 23.3 Å². The van der Waals surface area contributed by atoms with Crippen molar-refractivity contribution in [1.82, 2.24) is 4.90 Å². The molecule has 2 heterocycles. The van der Waals surface area contributed by atoms with Crippen LogP contribution in [0.5, 0.6) is 0 Å². The van der Waals surface area contributed by atoms with Crippen LogP contribution in [0, 0.1) is 17.3 Å². The molecule has 0 aromatic carbocycles. The largest absolute Gasteiger partial charge is 0.374 e. The number of carbonyl (C=O) groups excluding carboxylic acids is 2. The number of likely N-dealkylation sites (tertiary alicyclic amines) is 1. The first kappa shape index (κ1) is 19.9. The molecule has 0 aromatic heterocycles. The standard InChI is InChI=1S/C21H32N2O5S/c1-29(26,22-19(25)21-11-16(21)13-28-20(21)7-2-8-20)17-5-9-23(10-6-17)18(24)14-27-12-15-3-4-15/h15-17H,2-14H2,1H3/t16-,21-,29?/m0/s1. The van der Waals surface area contributed by atoms with Crippen molar-refractivity contribution in [3.05, 3.63) is 0 Å². The molecule has 2 saturated heterocycles. The van der Waals surface area contributed by atoms with Crippen molar-refractivity contribution in [2.75, 3.05) is 39.2 Å². The molecule has 5 fully saturated rings. The van der Waals surface area contributed by atoms with Crippen LogP contribution in [0.15, 0.2) is 4.36 Å². The Morgan fingerprint density at radius 1 is 1.21 bits per heavy atom. The van der Waals surface area contributed by atoms with E-state index in [1.54, 1.807) is 11.2 Å². The van der Waals surface area contributed by atoms with Gasteiger partial charge in [0.15, 0.2) is 0 Å². The molecule has 0 aromatic rings. The second kappa shape index (κ2) is 7.02. The number of hydrogen-bond acceptors (Lipinski definition) is 5. The molecule has 3 saturated carbocycles. The minimum Gasteiger partial charge on any atom is -0.374 e. The van der Waals surface area contributed by atoms with Crippen molar-refractivity contribution in [3.8, 4) is 0 Å². The van der Waals surface area contributed by atoms with Crippen LogP contribution >= 0.6 is 0 Å². The van der Waals surface area contributed by atoms with Crippen LogP contribution < -0.4 is 0 Å². The van der Waals surface area contributed by atoms with Gasteiger partial charge in [0.05, 0.1) is 34.0 Å². The third-order valence-electron chi connectivity index (χ3n) is 7.98. The van der Waals surface area contributed by atoms with Gasteiger partial charge in [-0.05, 0) is 57.3 Å². The summed E-state index contributed by atoms with van der Waals surface area (Å²) in [6.45, 7) is 2.59. The molecular formula is C21H32N2O5S. The number of piperidine rings is 1. The van der Waals surface area contributed by atoms with E-state index in [-0.39, 0.29) is 35.2 Å². The molecule has 2 amide bonds. The zero-order valence-electron chi connectivity index (χ0n) is 17.3. The normalized spacial score (nSPS) is 34.9. The van der Waals surface area contributed by atoms with Crippen molar-refractivity contribution >= 4 is 21.5 Å². The van der Waals surface area contributed by atoms with Gasteiger partial charge >= 0.3 is 0 Å². The van der Waals surface area contributed by atoms with Crippen molar-refractivity contribution in [2.24, 2.45) is 21.6 Å². The van der Waals surface area contributed by atoms with E-state index in [1.165, 1.54) is 12.8 Å². The highest BCUT2D eigenvalue weighted by Crippen LogP contribution is 2.71. The van der Waals surface area contributed by atoms with Crippen LogP contribution in [0.2, 0.25) is 0 Å². The molecule has 3 aliphatic carbocycles. The van der Waals surface area contributed by atoms with Gasteiger partial charge in [0.2, 0.25) is 5.91 Å². The Balaban J connectivity index is 1.18. The zero-order valence-corrected chi connectivity index (χ0v) is 18.1. The second-order valence-corrected chi connectivity index (χ2v) is 12.4. The van der Waals surface area contributed by atoms with Crippen LogP contribution in [-0.4, -0.2) is 70.9 Å². The Hall–Kier alpha value is -0.990. The average molecular weight is 425 g/mol. The highest BCUT2D eigenvalue weighted by atomic mass is 32.2. The van der Waals surface area contributed by atoms with Gasteiger partial charge in [-0.15, -0.1) is 0 Å². The molecule has 8 heteroatoms. The zero-order chi connectivity index (χ0) is 20.3. The maximum Gasteiger partial charge on any atom is 0.263 e. The molecule has 5 aliphatic rings. The highest BCUT2D eigenvalue weighted by Gasteiger charge is 2.77. The van der Waals surface area contributed by atoms with Crippen molar-refractivity contribution in [3.63, 3.8) is 0 Å². The Morgan fingerprint density at radius 2 is 1.93 bits per heavy atom. The minimum atomic E-state index is -2.63. The number of rotatable bonds is 6. The maximum atomic E-state index is 13.4. The van der Waals surface area contributed by atoms with E-state index in [9.17, 15) is 13.8 Å². The van der Waals surface area contributed by atoms with Crippen LogP contribution in [0.1, 0.15) is 51.4 Å². The fourth-order valence-electron chi connectivity index (χ4n) is 5.57. The molecule has 162 valence electrons. The summed E-state index contributed by atoms with van der Waals surface area (Å²) in [6, 6.07) is 0. The van der Waals surface area contributed by atoms with E-state index in [0.29, 0.717) is 45.1 Å². The van der Waals surface area contributed by atoms with Gasteiger partial charge in [-0.3, -0.25) is 9.59 Å². The van der Waals surface area contributed by atoms with Gasteiger partial charge in [-0.2, -0.15) is 4.36 Å². The van der Waals surface area contributed by atoms with Gasteiger partial charge in [0.25, 0.3) is 5.91 Å². The Kier molecular flexibility index (Phi) is 4.83. The molecule has 1 spiro atoms. The molecule has 2 aliphatic heterocycles. The monoisotopic (exact) mass is 424 g/mol. The van der Waals surface area contributed by atoms with E-state index in [4.69, 9.17) is 9.47 Å². The first-order valence-electron chi connectivity index (χ1n) is 11.1. The second-order valence-electron chi connectivity index (χ2n) is 9.83. The van der Waals surface area contributed by atoms with Gasteiger partial charge in [0.1, 0.15) is 6.61 Å². The summed E-state index contributed by atoms with van der Waals surface area (Å²) in [6.07, 6.45) is 9.10. The summed E-state index contributed by atoms with van der Waals surface area (Å²) in [5.74, 6) is 0.741. The first-order valence-corrected chi connectivity index (χ1v) is 13.1. The summed E-state index contributed by atoms with van der Waals surface area (Å²) < 4.78 is 29.2. The van der Waals surface area contributed by atoms with Gasteiger partial charge in [-0.25, -0.2) is 4.21 Å². The van der Waals surface area contributed by atoms with E-state index in [0.717, 1.165) is 25.7 Å². The Labute approximate surface area is 173 Å². The first-order chi connectivity index (χ1) is 13.9. The lowest BCUT2D eigenvalue weighted by molar-refractivity contribution is -0.145. The average Bonchev–Trinajstić information content (AvgIpc) is 3.58. The van der Waals surface area contributed by atoms with E-state index in [2.05, 4.69) is 4.36 Å². The molecule has 3 atom stereocenters. The van der Waals surface area contributed by atoms with Crippen molar-refractivity contribution in [1.29, 1.82) is 0 Å². The lowest BCUT2D eigenvalue weighted by Gasteiger charge is -2.43. The number of hydrogen-bond donors (Lipinski definition) is 0. The number of fused-ring (bicyclic) bond motifs is 2. The topological polar surface area (TPSA) is 85.3 Å². The molecule has 1 unspecified atom stereocenters. The van der Waals surface area contributed by atoms with Crippen LogP contribution in [0.4, 0.5) is 0 Å². The molecule has 5 rings (SSSR count). The summed E-state index contributed by atoms with van der Waals surface area (Å²) in [7, 11) is -2.63. The smallest absolute Gasteiger partial charge is 0.263 e. The predicted molar refractivity (Wildman–Crippen MR) is 108 cm³/mol. The Morgan fingerprint density at radius 3 is 2.52 bits per heavy atom. The van der Waals surface area contributed by atoms with E-state index in [1.807, 2.05) is 0 Å². The molecule has 7 nitrogen and oxygen atoms in total. The summed E-state index contributed by atoms with van der Waals surface area (Å²) in [5.41, 5.74) is -0.802. The molecule has 29 heavy (non-hydrogen) atoms. The number of nitrogens with zero attached hydrogens (tertiary/aromatic N) is 2. The highest BCUT2D eigenvalue weighted by molar-refractivity contribution is 7.93. The summed E-state index contributed by atoms with van der Waals surface area (Å²) >= 11 is 0. The minimum absolute atomic E-state index is 0.00876. The van der Waals surface area contributed by atoms with Crippen LogP contribution in [0.3, 0.4) is 0 Å². The van der Waals surface area contributed by atoms with E-state index < -0.39 is 15.1 Å². The number of carbonyl (C=O) groups is 2. The van der Waals surface area contributed by atoms with Gasteiger partial charge < -0.3 is 14.4 Å². The van der Waals surface area contributed by atoms with Gasteiger partial charge in [-0.1, -0.05) is 0 Å². The van der Waals surface area contributed by atoms with Crippen molar-refractivity contribution in [2.45, 2.75) is 62.2 Å².